The summed E-state index contributed by atoms with van der Waals surface area (Å²) in [7, 11) is 0. The van der Waals surface area contributed by atoms with Crippen molar-refractivity contribution >= 4 is 0 Å². The lowest BCUT2D eigenvalue weighted by molar-refractivity contribution is 0.242. The van der Waals surface area contributed by atoms with Crippen LogP contribution in [0.1, 0.15) is 31.0 Å². The Hall–Kier alpha value is -1.94. The van der Waals surface area contributed by atoms with Crippen molar-refractivity contribution in [2.75, 3.05) is 0 Å². The van der Waals surface area contributed by atoms with Crippen LogP contribution < -0.4 is 10.5 Å². The van der Waals surface area contributed by atoms with E-state index in [0.717, 1.165) is 23.4 Å². The molecule has 2 N–H and O–H groups in total. The van der Waals surface area contributed by atoms with Crippen molar-refractivity contribution < 1.29 is 13.5 Å². The summed E-state index contributed by atoms with van der Waals surface area (Å²) in [5, 5.41) is 0. The molecular formula is C16H17F2NO. The fourth-order valence-electron chi connectivity index (χ4n) is 1.92. The van der Waals surface area contributed by atoms with Gasteiger partial charge >= 0.3 is 0 Å². The molecule has 2 nitrogen and oxygen atoms in total. The average Bonchev–Trinajstić information content (AvgIpc) is 2.41. The van der Waals surface area contributed by atoms with Crippen molar-refractivity contribution in [3.05, 3.63) is 65.2 Å². The molecule has 0 aliphatic heterocycles. The number of nitrogens with two attached hydrogens (primary N) is 1. The molecule has 0 saturated heterocycles. The van der Waals surface area contributed by atoms with E-state index in [9.17, 15) is 8.78 Å². The highest BCUT2D eigenvalue weighted by Crippen LogP contribution is 2.23. The van der Waals surface area contributed by atoms with Gasteiger partial charge in [-0.3, -0.25) is 0 Å². The molecule has 2 aromatic carbocycles. The molecule has 0 aliphatic rings. The highest BCUT2D eigenvalue weighted by Gasteiger charge is 2.12. The Labute approximate surface area is 117 Å². The van der Waals surface area contributed by atoms with Crippen molar-refractivity contribution in [3.63, 3.8) is 0 Å². The van der Waals surface area contributed by atoms with Gasteiger partial charge in [0.15, 0.2) is 11.6 Å². The van der Waals surface area contributed by atoms with Crippen molar-refractivity contribution in [1.29, 1.82) is 0 Å². The van der Waals surface area contributed by atoms with Gasteiger partial charge in [-0.15, -0.1) is 0 Å². The van der Waals surface area contributed by atoms with Gasteiger partial charge in [0.1, 0.15) is 5.75 Å². The van der Waals surface area contributed by atoms with E-state index in [-0.39, 0.29) is 6.10 Å². The maximum Gasteiger partial charge on any atom is 0.159 e. The Bertz CT molecular complexity index is 582. The largest absolute Gasteiger partial charge is 0.491 e. The van der Waals surface area contributed by atoms with E-state index >= 15 is 0 Å². The van der Waals surface area contributed by atoms with Crippen LogP contribution in [0.4, 0.5) is 8.78 Å². The predicted octanol–water partition coefficient (Wildman–Crippen LogP) is 3.80. The zero-order chi connectivity index (χ0) is 14.7. The van der Waals surface area contributed by atoms with Gasteiger partial charge in [-0.2, -0.15) is 0 Å². The third kappa shape index (κ3) is 3.33. The van der Waals surface area contributed by atoms with E-state index in [0.29, 0.717) is 5.56 Å². The Balaban J connectivity index is 2.20. The minimum absolute atomic E-state index is 0.0979. The molecule has 2 rings (SSSR count). The highest BCUT2D eigenvalue weighted by atomic mass is 19.2. The summed E-state index contributed by atoms with van der Waals surface area (Å²) >= 11 is 0. The third-order valence-corrected chi connectivity index (χ3v) is 2.91. The van der Waals surface area contributed by atoms with Crippen LogP contribution in [-0.4, -0.2) is 6.10 Å². The molecule has 0 amide bonds. The molecule has 0 fully saturated rings. The van der Waals surface area contributed by atoms with Crippen LogP contribution in [0.3, 0.4) is 0 Å². The van der Waals surface area contributed by atoms with Crippen LogP contribution in [0, 0.1) is 11.6 Å². The van der Waals surface area contributed by atoms with Gasteiger partial charge in [-0.05, 0) is 49.2 Å². The Kier molecular flexibility index (Phi) is 4.35. The van der Waals surface area contributed by atoms with Crippen LogP contribution in [0.5, 0.6) is 5.75 Å². The summed E-state index contributed by atoms with van der Waals surface area (Å²) in [6.45, 7) is 3.89. The fourth-order valence-corrected chi connectivity index (χ4v) is 1.92. The summed E-state index contributed by atoms with van der Waals surface area (Å²) in [5.41, 5.74) is 7.40. The predicted molar refractivity (Wildman–Crippen MR) is 74.6 cm³/mol. The second-order valence-electron chi connectivity index (χ2n) is 4.89. The SMILES string of the molecule is CC(C)Oc1ccc(C(N)c2ccc(F)c(F)c2)cc1. The number of benzene rings is 2. The molecule has 0 spiro atoms. The van der Waals surface area contributed by atoms with Crippen LogP contribution in [0.15, 0.2) is 42.5 Å². The van der Waals surface area contributed by atoms with Crippen molar-refractivity contribution in [2.45, 2.75) is 26.0 Å². The lowest BCUT2D eigenvalue weighted by Gasteiger charge is -2.14. The Morgan fingerprint density at radius 2 is 1.50 bits per heavy atom. The smallest absolute Gasteiger partial charge is 0.159 e. The lowest BCUT2D eigenvalue weighted by Crippen LogP contribution is -2.12. The number of halogens is 2. The van der Waals surface area contributed by atoms with E-state index in [1.807, 2.05) is 38.1 Å². The number of hydrogen-bond donors (Lipinski definition) is 1. The molecule has 0 heterocycles. The Morgan fingerprint density at radius 3 is 2.05 bits per heavy atom. The molecule has 106 valence electrons. The first-order valence-electron chi connectivity index (χ1n) is 6.44. The summed E-state index contributed by atoms with van der Waals surface area (Å²) in [6.07, 6.45) is 0.0979. The highest BCUT2D eigenvalue weighted by molar-refractivity contribution is 5.35. The first kappa shape index (κ1) is 14.5. The van der Waals surface area contributed by atoms with E-state index < -0.39 is 17.7 Å². The summed E-state index contributed by atoms with van der Waals surface area (Å²) in [5.74, 6) is -1.01. The quantitative estimate of drug-likeness (QED) is 0.922. The molecule has 2 aromatic rings. The van der Waals surface area contributed by atoms with Gasteiger partial charge < -0.3 is 10.5 Å². The zero-order valence-corrected chi connectivity index (χ0v) is 11.4. The van der Waals surface area contributed by atoms with Crippen molar-refractivity contribution in [1.82, 2.24) is 0 Å². The molecule has 0 saturated carbocycles. The average molecular weight is 277 g/mol. The minimum Gasteiger partial charge on any atom is -0.491 e. The van der Waals surface area contributed by atoms with Crippen LogP contribution in [0.25, 0.3) is 0 Å². The van der Waals surface area contributed by atoms with E-state index in [1.165, 1.54) is 6.07 Å². The second kappa shape index (κ2) is 6.01. The Morgan fingerprint density at radius 1 is 0.900 bits per heavy atom. The van der Waals surface area contributed by atoms with Gasteiger partial charge in [-0.1, -0.05) is 18.2 Å². The maximum atomic E-state index is 13.2. The molecule has 20 heavy (non-hydrogen) atoms. The molecule has 4 heteroatoms. The number of hydrogen-bond acceptors (Lipinski definition) is 2. The van der Waals surface area contributed by atoms with Gasteiger partial charge in [-0.25, -0.2) is 8.78 Å². The van der Waals surface area contributed by atoms with E-state index in [2.05, 4.69) is 0 Å². The lowest BCUT2D eigenvalue weighted by atomic mass is 9.99. The molecule has 0 aromatic heterocycles. The number of ether oxygens (including phenoxy) is 1. The monoisotopic (exact) mass is 277 g/mol. The molecule has 1 atom stereocenters. The van der Waals surface area contributed by atoms with Crippen molar-refractivity contribution in [3.8, 4) is 5.75 Å². The third-order valence-electron chi connectivity index (χ3n) is 2.91. The fraction of sp³-hybridized carbons (Fsp3) is 0.250. The normalized spacial score (nSPS) is 12.5. The van der Waals surface area contributed by atoms with E-state index in [1.54, 1.807) is 0 Å². The summed E-state index contributed by atoms with van der Waals surface area (Å²) in [6, 6.07) is 10.5. The molecule has 0 radical (unpaired) electrons. The first-order valence-corrected chi connectivity index (χ1v) is 6.44. The van der Waals surface area contributed by atoms with Gasteiger partial charge in [0, 0.05) is 0 Å². The van der Waals surface area contributed by atoms with Gasteiger partial charge in [0.2, 0.25) is 0 Å². The van der Waals surface area contributed by atoms with Gasteiger partial charge in [0.05, 0.1) is 12.1 Å². The molecule has 0 bridgehead atoms. The molecular weight excluding hydrogens is 260 g/mol. The molecule has 1 unspecified atom stereocenters. The maximum absolute atomic E-state index is 13.2. The van der Waals surface area contributed by atoms with Crippen molar-refractivity contribution in [2.24, 2.45) is 5.73 Å². The molecule has 0 aliphatic carbocycles. The second-order valence-corrected chi connectivity index (χ2v) is 4.89. The van der Waals surface area contributed by atoms with Gasteiger partial charge in [0.25, 0.3) is 0 Å². The summed E-state index contributed by atoms with van der Waals surface area (Å²) in [4.78, 5) is 0. The zero-order valence-electron chi connectivity index (χ0n) is 11.4. The minimum atomic E-state index is -0.891. The van der Waals surface area contributed by atoms with E-state index in [4.69, 9.17) is 10.5 Å². The van der Waals surface area contributed by atoms with Crippen LogP contribution in [0.2, 0.25) is 0 Å². The van der Waals surface area contributed by atoms with Crippen LogP contribution in [-0.2, 0) is 0 Å². The topological polar surface area (TPSA) is 35.2 Å². The summed E-state index contributed by atoms with van der Waals surface area (Å²) < 4.78 is 31.7. The number of rotatable bonds is 4. The van der Waals surface area contributed by atoms with Crippen LogP contribution >= 0.6 is 0 Å². The standard InChI is InChI=1S/C16H17F2NO/c1-10(2)20-13-6-3-11(4-7-13)16(19)12-5-8-14(17)15(18)9-12/h3-10,16H,19H2,1-2H3. The first-order chi connectivity index (χ1) is 9.47.